The van der Waals surface area contributed by atoms with E-state index in [2.05, 4.69) is 60.4 Å². The highest BCUT2D eigenvalue weighted by Gasteiger charge is 2.30. The van der Waals surface area contributed by atoms with Gasteiger partial charge in [0.05, 0.1) is 51.8 Å². The van der Waals surface area contributed by atoms with Crippen LogP contribution in [0.4, 0.5) is 11.5 Å². The Morgan fingerprint density at radius 3 is 2.56 bits per heavy atom. The van der Waals surface area contributed by atoms with Crippen LogP contribution < -0.4 is 26.0 Å². The molecular formula is C46H62ClN9O3S2. The predicted molar refractivity (Wildman–Crippen MR) is 248 cm³/mol. The predicted octanol–water partition coefficient (Wildman–Crippen LogP) is 8.28. The highest BCUT2D eigenvalue weighted by atomic mass is 35.5. The summed E-state index contributed by atoms with van der Waals surface area (Å²) < 4.78 is 6.43. The van der Waals surface area contributed by atoms with Crippen molar-refractivity contribution in [1.82, 2.24) is 30.1 Å². The van der Waals surface area contributed by atoms with Gasteiger partial charge in [-0.05, 0) is 133 Å². The molecule has 4 aromatic rings. The fraction of sp³-hybridized carbons (Fsp3) is 0.543. The molecule has 1 atom stereocenters. The van der Waals surface area contributed by atoms with Crippen LogP contribution in [0, 0.1) is 18.3 Å². The molecule has 0 spiro atoms. The summed E-state index contributed by atoms with van der Waals surface area (Å²) in [7, 11) is 2.04. The number of aryl methyl sites for hydroxylation is 1. The number of nitrogens with one attached hydrogen (secondary N) is 2. The number of aromatic nitrogens is 3. The number of carbonyl (C=O) groups excluding carboxylic acids is 2. The second-order valence-corrected chi connectivity index (χ2v) is 19.6. The second kappa shape index (κ2) is 21.5. The van der Waals surface area contributed by atoms with Crippen molar-refractivity contribution in [3.8, 4) is 16.2 Å². The SMILES string of the molecule is Cc1ncsc1-c1ccc(CNC(=O)C2CCCCN2C)c(OCCCCN2CCC(CC(=O)Nc3cccc(Sc4cnc(N5CCC(C)(CN)CC5)cn4)c3Cl)CC2)c1. The largest absolute Gasteiger partial charge is 0.493 e. The Labute approximate surface area is 374 Å². The van der Waals surface area contributed by atoms with Crippen molar-refractivity contribution in [2.75, 3.05) is 69.7 Å². The van der Waals surface area contributed by atoms with E-state index in [-0.39, 0.29) is 23.3 Å². The molecule has 0 aliphatic carbocycles. The van der Waals surface area contributed by atoms with Crippen molar-refractivity contribution < 1.29 is 14.3 Å². The van der Waals surface area contributed by atoms with Crippen LogP contribution in [0.25, 0.3) is 10.4 Å². The topological polar surface area (TPSA) is 142 Å². The molecule has 2 amide bonds. The molecule has 3 fully saturated rings. The van der Waals surface area contributed by atoms with Crippen LogP contribution in [0.15, 0.2) is 64.2 Å². The number of rotatable bonds is 17. The van der Waals surface area contributed by atoms with E-state index in [9.17, 15) is 9.59 Å². The van der Waals surface area contributed by atoms with Gasteiger partial charge in [0.15, 0.2) is 0 Å². The molecule has 15 heteroatoms. The standard InChI is InChI=1S/C46H62ClN9O3S2/c1-32-44(60-31-52-32)34-12-13-35(27-51-45(58)37-10-4-5-18-54(37)3)38(26-34)59-24-7-6-19-55-20-14-33(15-21-55)25-41(57)53-36-9-8-11-39(43(36)47)61-42-29-49-40(28-50-42)56-22-16-46(2,30-48)17-23-56/h8-9,11-13,26,28-29,31,33,37H,4-7,10,14-25,27,30,48H2,1-3H3,(H,51,58)(H,53,57). The lowest BCUT2D eigenvalue weighted by molar-refractivity contribution is -0.127. The maximum Gasteiger partial charge on any atom is 0.237 e. The van der Waals surface area contributed by atoms with Crippen molar-refractivity contribution in [1.29, 1.82) is 0 Å². The lowest BCUT2D eigenvalue weighted by atomic mass is 9.80. The van der Waals surface area contributed by atoms with Crippen molar-refractivity contribution in [2.24, 2.45) is 17.1 Å². The zero-order chi connectivity index (χ0) is 42.8. The number of likely N-dealkylation sites (tertiary alicyclic amines) is 2. The summed E-state index contributed by atoms with van der Waals surface area (Å²) in [6, 6.07) is 11.9. The van der Waals surface area contributed by atoms with Crippen LogP contribution in [-0.4, -0.2) is 102 Å². The van der Waals surface area contributed by atoms with Crippen LogP contribution in [0.2, 0.25) is 5.02 Å². The normalized spacial score (nSPS) is 18.8. The minimum absolute atomic E-state index is 0.00844. The van der Waals surface area contributed by atoms with Crippen molar-refractivity contribution in [3.05, 3.63) is 70.6 Å². The monoisotopic (exact) mass is 887 g/mol. The summed E-state index contributed by atoms with van der Waals surface area (Å²) in [4.78, 5) is 49.0. The van der Waals surface area contributed by atoms with Crippen molar-refractivity contribution >= 4 is 58.0 Å². The van der Waals surface area contributed by atoms with Crippen molar-refractivity contribution in [3.63, 3.8) is 0 Å². The minimum Gasteiger partial charge on any atom is -0.493 e. The molecule has 12 nitrogen and oxygen atoms in total. The molecule has 5 heterocycles. The van der Waals surface area contributed by atoms with Gasteiger partial charge in [0.1, 0.15) is 16.6 Å². The van der Waals surface area contributed by atoms with Crippen LogP contribution in [0.5, 0.6) is 5.75 Å². The first-order valence-electron chi connectivity index (χ1n) is 22.0. The first-order chi connectivity index (χ1) is 29.6. The van der Waals surface area contributed by atoms with Crippen LogP contribution in [0.1, 0.15) is 82.4 Å². The van der Waals surface area contributed by atoms with E-state index in [0.717, 1.165) is 140 Å². The Morgan fingerprint density at radius 2 is 1.84 bits per heavy atom. The molecule has 7 rings (SSSR count). The van der Waals surface area contributed by atoms with Crippen molar-refractivity contribution in [2.45, 2.75) is 101 Å². The molecule has 3 aliphatic rings. The van der Waals surface area contributed by atoms with E-state index >= 15 is 0 Å². The highest BCUT2D eigenvalue weighted by Crippen LogP contribution is 2.38. The minimum atomic E-state index is -0.0719. The number of unbranched alkanes of at least 4 members (excludes halogenated alkanes) is 1. The summed E-state index contributed by atoms with van der Waals surface area (Å²) in [6.07, 6.45) is 13.2. The first kappa shape index (κ1) is 45.2. The molecule has 3 saturated heterocycles. The third kappa shape index (κ3) is 12.2. The van der Waals surface area contributed by atoms with Gasteiger partial charge in [0.2, 0.25) is 11.8 Å². The Morgan fingerprint density at radius 1 is 1.02 bits per heavy atom. The van der Waals surface area contributed by atoms with E-state index in [1.165, 1.54) is 11.8 Å². The number of hydrogen-bond donors (Lipinski definition) is 3. The number of likely N-dealkylation sites (N-methyl/N-ethyl adjacent to an activating group) is 1. The molecule has 61 heavy (non-hydrogen) atoms. The van der Waals surface area contributed by atoms with Gasteiger partial charge in [-0.25, -0.2) is 15.0 Å². The molecule has 4 N–H and O–H groups in total. The van der Waals surface area contributed by atoms with Crippen LogP contribution in [-0.2, 0) is 16.1 Å². The average Bonchev–Trinajstić information content (AvgIpc) is 3.71. The van der Waals surface area contributed by atoms with E-state index < -0.39 is 0 Å². The van der Waals surface area contributed by atoms with Gasteiger partial charge >= 0.3 is 0 Å². The van der Waals surface area contributed by atoms with Crippen LogP contribution in [0.3, 0.4) is 0 Å². The Bertz CT molecular complexity index is 2070. The molecule has 3 aliphatic heterocycles. The Hall–Kier alpha value is -3.79. The number of benzene rings is 2. The second-order valence-electron chi connectivity index (χ2n) is 17.3. The third-order valence-corrected chi connectivity index (χ3v) is 15.2. The molecular weight excluding hydrogens is 826 g/mol. The quantitative estimate of drug-likeness (QED) is 0.0883. The number of piperidine rings is 3. The summed E-state index contributed by atoms with van der Waals surface area (Å²) in [5, 5.41) is 7.52. The number of anilines is 2. The fourth-order valence-electron chi connectivity index (χ4n) is 8.56. The Kier molecular flexibility index (Phi) is 16.0. The van der Waals surface area contributed by atoms with Gasteiger partial charge in [-0.3, -0.25) is 14.5 Å². The maximum absolute atomic E-state index is 13.2. The lowest BCUT2D eigenvalue weighted by Crippen LogP contribution is -2.47. The third-order valence-electron chi connectivity index (χ3n) is 12.8. The number of nitrogens with two attached hydrogens (primary N) is 1. The molecule has 0 radical (unpaired) electrons. The van der Waals surface area contributed by atoms with Gasteiger partial charge in [-0.2, -0.15) is 0 Å². The molecule has 2 aromatic carbocycles. The summed E-state index contributed by atoms with van der Waals surface area (Å²) >= 11 is 9.90. The molecule has 328 valence electrons. The van der Waals surface area contributed by atoms with Gasteiger partial charge in [0, 0.05) is 36.5 Å². The number of ether oxygens (including phenoxy) is 1. The lowest BCUT2D eigenvalue weighted by Gasteiger charge is -2.39. The molecule has 0 saturated carbocycles. The van der Waals surface area contributed by atoms with E-state index in [4.69, 9.17) is 27.1 Å². The number of carbonyl (C=O) groups is 2. The molecule has 0 bridgehead atoms. The number of amides is 2. The number of halogens is 1. The smallest absolute Gasteiger partial charge is 0.237 e. The number of nitrogens with zero attached hydrogens (tertiary/aromatic N) is 6. The van der Waals surface area contributed by atoms with Gasteiger partial charge < -0.3 is 30.9 Å². The van der Waals surface area contributed by atoms with E-state index in [1.54, 1.807) is 17.5 Å². The highest BCUT2D eigenvalue weighted by molar-refractivity contribution is 7.99. The zero-order valence-electron chi connectivity index (χ0n) is 36.0. The van der Waals surface area contributed by atoms with E-state index in [0.29, 0.717) is 42.7 Å². The first-order valence-corrected chi connectivity index (χ1v) is 24.0. The number of thiazole rings is 1. The molecule has 2 aromatic heterocycles. The van der Waals surface area contributed by atoms with Gasteiger partial charge in [-0.15, -0.1) is 11.3 Å². The van der Waals surface area contributed by atoms with Gasteiger partial charge in [-0.1, -0.05) is 54.9 Å². The molecule has 1 unspecified atom stereocenters. The number of hydrogen-bond acceptors (Lipinski definition) is 12. The maximum atomic E-state index is 13.2. The van der Waals surface area contributed by atoms with Crippen LogP contribution >= 0.6 is 34.7 Å². The summed E-state index contributed by atoms with van der Waals surface area (Å²) in [6.45, 7) is 11.8. The Balaban J connectivity index is 0.825. The summed E-state index contributed by atoms with van der Waals surface area (Å²) in [5.41, 5.74) is 11.8. The average molecular weight is 889 g/mol. The van der Waals surface area contributed by atoms with Gasteiger partial charge in [0.25, 0.3) is 0 Å². The fourth-order valence-corrected chi connectivity index (χ4v) is 10.4. The summed E-state index contributed by atoms with van der Waals surface area (Å²) in [5.74, 6) is 2.11. The zero-order valence-corrected chi connectivity index (χ0v) is 38.4. The van der Waals surface area contributed by atoms with E-state index in [1.807, 2.05) is 43.9 Å².